The molecule has 1 fully saturated rings. The minimum atomic E-state index is -0.149. The SMILES string of the molecule is CCCn1c(C)cc(/C=C(\C#N)C(=O)N(Cc2cccs2)C2CC2)c1C. The molecule has 2 heterocycles. The lowest BCUT2D eigenvalue weighted by molar-refractivity contribution is -0.127. The molecule has 0 spiro atoms. The molecule has 1 amide bonds. The van der Waals surface area contributed by atoms with E-state index in [0.29, 0.717) is 6.54 Å². The molecular formula is C21H25N3OS. The van der Waals surface area contributed by atoms with Crippen molar-refractivity contribution in [2.45, 2.75) is 59.2 Å². The van der Waals surface area contributed by atoms with Gasteiger partial charge in [-0.25, -0.2) is 0 Å². The van der Waals surface area contributed by atoms with Gasteiger partial charge in [-0.15, -0.1) is 11.3 Å². The van der Waals surface area contributed by atoms with E-state index >= 15 is 0 Å². The van der Waals surface area contributed by atoms with Crippen molar-refractivity contribution >= 4 is 23.3 Å². The molecule has 0 aromatic carbocycles. The maximum Gasteiger partial charge on any atom is 0.265 e. The molecule has 4 nitrogen and oxygen atoms in total. The van der Waals surface area contributed by atoms with Crippen LogP contribution in [0.1, 0.15) is 48.0 Å². The van der Waals surface area contributed by atoms with Gasteiger partial charge in [0, 0.05) is 28.9 Å². The molecular weight excluding hydrogens is 342 g/mol. The van der Waals surface area contributed by atoms with Gasteiger partial charge in [0.05, 0.1) is 6.54 Å². The van der Waals surface area contributed by atoms with Gasteiger partial charge in [-0.1, -0.05) is 13.0 Å². The van der Waals surface area contributed by atoms with Crippen LogP contribution in [0.2, 0.25) is 0 Å². The van der Waals surface area contributed by atoms with E-state index in [2.05, 4.69) is 37.5 Å². The summed E-state index contributed by atoms with van der Waals surface area (Å²) in [5, 5.41) is 11.7. The second-order valence-electron chi connectivity index (χ2n) is 6.89. The van der Waals surface area contributed by atoms with Gasteiger partial charge in [0.1, 0.15) is 11.6 Å². The van der Waals surface area contributed by atoms with E-state index in [1.807, 2.05) is 22.4 Å². The van der Waals surface area contributed by atoms with Crippen molar-refractivity contribution in [2.24, 2.45) is 0 Å². The lowest BCUT2D eigenvalue weighted by Crippen LogP contribution is -2.33. The van der Waals surface area contributed by atoms with Crippen LogP contribution in [-0.2, 0) is 17.9 Å². The Morgan fingerprint density at radius 3 is 2.81 bits per heavy atom. The maximum atomic E-state index is 13.0. The lowest BCUT2D eigenvalue weighted by Gasteiger charge is -2.21. The summed E-state index contributed by atoms with van der Waals surface area (Å²) in [7, 11) is 0. The molecule has 1 aliphatic carbocycles. The summed E-state index contributed by atoms with van der Waals surface area (Å²) in [4.78, 5) is 16.1. The van der Waals surface area contributed by atoms with Gasteiger partial charge in [0.2, 0.25) is 0 Å². The van der Waals surface area contributed by atoms with E-state index in [1.54, 1.807) is 17.4 Å². The topological polar surface area (TPSA) is 49.0 Å². The zero-order chi connectivity index (χ0) is 18.7. The van der Waals surface area contributed by atoms with Crippen molar-refractivity contribution in [3.8, 4) is 6.07 Å². The van der Waals surface area contributed by atoms with E-state index in [4.69, 9.17) is 0 Å². The molecule has 2 aromatic heterocycles. The highest BCUT2D eigenvalue weighted by molar-refractivity contribution is 7.09. The zero-order valence-corrected chi connectivity index (χ0v) is 16.5. The highest BCUT2D eigenvalue weighted by Crippen LogP contribution is 2.31. The minimum Gasteiger partial charge on any atom is -0.349 e. The lowest BCUT2D eigenvalue weighted by atomic mass is 10.1. The van der Waals surface area contributed by atoms with Gasteiger partial charge in [-0.2, -0.15) is 5.26 Å². The van der Waals surface area contributed by atoms with Crippen molar-refractivity contribution in [1.82, 2.24) is 9.47 Å². The van der Waals surface area contributed by atoms with Crippen molar-refractivity contribution < 1.29 is 4.79 Å². The average Bonchev–Trinajstić information content (AvgIpc) is 3.28. The molecule has 0 aliphatic heterocycles. The summed E-state index contributed by atoms with van der Waals surface area (Å²) in [6.45, 7) is 7.82. The molecule has 1 aliphatic rings. The Bertz CT molecular complexity index is 851. The molecule has 3 rings (SSSR count). The van der Waals surface area contributed by atoms with Crippen LogP contribution >= 0.6 is 11.3 Å². The van der Waals surface area contributed by atoms with Crippen LogP contribution < -0.4 is 0 Å². The van der Waals surface area contributed by atoms with Crippen molar-refractivity contribution in [2.75, 3.05) is 0 Å². The first kappa shape index (κ1) is 18.5. The number of carbonyl (C=O) groups excluding carboxylic acids is 1. The number of rotatable bonds is 7. The summed E-state index contributed by atoms with van der Waals surface area (Å²) < 4.78 is 2.25. The van der Waals surface area contributed by atoms with Crippen molar-refractivity contribution in [3.63, 3.8) is 0 Å². The maximum absolute atomic E-state index is 13.0. The number of aromatic nitrogens is 1. The predicted molar refractivity (Wildman–Crippen MR) is 106 cm³/mol. The van der Waals surface area contributed by atoms with Crippen LogP contribution in [0.4, 0.5) is 0 Å². The second kappa shape index (κ2) is 7.92. The number of hydrogen-bond acceptors (Lipinski definition) is 3. The van der Waals surface area contributed by atoms with Gasteiger partial charge in [-0.3, -0.25) is 4.79 Å². The van der Waals surface area contributed by atoms with Gasteiger partial charge in [0.25, 0.3) is 5.91 Å². The number of aryl methyl sites for hydroxylation is 1. The highest BCUT2D eigenvalue weighted by atomic mass is 32.1. The molecule has 1 saturated carbocycles. The summed E-state index contributed by atoms with van der Waals surface area (Å²) in [5.74, 6) is -0.149. The van der Waals surface area contributed by atoms with Crippen molar-refractivity contribution in [3.05, 3.63) is 51.0 Å². The van der Waals surface area contributed by atoms with E-state index in [9.17, 15) is 10.1 Å². The first-order valence-electron chi connectivity index (χ1n) is 9.17. The van der Waals surface area contributed by atoms with E-state index < -0.39 is 0 Å². The van der Waals surface area contributed by atoms with Gasteiger partial charge >= 0.3 is 0 Å². The monoisotopic (exact) mass is 367 g/mol. The Morgan fingerprint density at radius 2 is 2.23 bits per heavy atom. The van der Waals surface area contributed by atoms with Crippen LogP contribution in [-0.4, -0.2) is 21.4 Å². The summed E-state index contributed by atoms with van der Waals surface area (Å²) >= 11 is 1.65. The standard InChI is InChI=1S/C21H25N3OS/c1-4-9-23-15(2)11-17(16(23)3)12-18(13-22)21(25)24(19-7-8-19)14-20-6-5-10-26-20/h5-6,10-12,19H,4,7-9,14H2,1-3H3/b18-12+. The Labute approximate surface area is 159 Å². The predicted octanol–water partition coefficient (Wildman–Crippen LogP) is 4.67. The molecule has 0 unspecified atom stereocenters. The quantitative estimate of drug-likeness (QED) is 0.527. The molecule has 2 aromatic rings. The molecule has 26 heavy (non-hydrogen) atoms. The molecule has 0 N–H and O–H groups in total. The van der Waals surface area contributed by atoms with Crippen LogP contribution in [0.5, 0.6) is 0 Å². The fourth-order valence-electron chi connectivity index (χ4n) is 3.32. The smallest absolute Gasteiger partial charge is 0.265 e. The fraction of sp³-hybridized carbons (Fsp3) is 0.429. The second-order valence-corrected chi connectivity index (χ2v) is 7.92. The van der Waals surface area contributed by atoms with Gasteiger partial charge in [0.15, 0.2) is 0 Å². The van der Waals surface area contributed by atoms with Crippen molar-refractivity contribution in [1.29, 1.82) is 5.26 Å². The third-order valence-electron chi connectivity index (χ3n) is 4.87. The highest BCUT2D eigenvalue weighted by Gasteiger charge is 2.34. The van der Waals surface area contributed by atoms with Crippen LogP contribution in [0.3, 0.4) is 0 Å². The number of hydrogen-bond donors (Lipinski definition) is 0. The Morgan fingerprint density at radius 1 is 1.46 bits per heavy atom. The number of nitrogens with zero attached hydrogens (tertiary/aromatic N) is 3. The van der Waals surface area contributed by atoms with E-state index in [0.717, 1.165) is 47.6 Å². The Kier molecular flexibility index (Phi) is 5.63. The van der Waals surface area contributed by atoms with E-state index in [1.165, 1.54) is 0 Å². The van der Waals surface area contributed by atoms with Crippen LogP contribution in [0.25, 0.3) is 6.08 Å². The number of amides is 1. The Balaban J connectivity index is 1.87. The van der Waals surface area contributed by atoms with Gasteiger partial charge < -0.3 is 9.47 Å². The Hall–Kier alpha value is -2.32. The zero-order valence-electron chi connectivity index (χ0n) is 15.7. The van der Waals surface area contributed by atoms with Crippen LogP contribution in [0.15, 0.2) is 29.2 Å². The molecule has 0 radical (unpaired) electrons. The summed E-state index contributed by atoms with van der Waals surface area (Å²) in [6, 6.07) is 8.53. The third-order valence-corrected chi connectivity index (χ3v) is 5.73. The number of thiophene rings is 1. The average molecular weight is 368 g/mol. The number of nitriles is 1. The normalized spacial score (nSPS) is 14.3. The fourth-order valence-corrected chi connectivity index (χ4v) is 4.02. The third kappa shape index (κ3) is 3.91. The minimum absolute atomic E-state index is 0.149. The first-order chi connectivity index (χ1) is 12.5. The first-order valence-corrected chi connectivity index (χ1v) is 10.0. The molecule has 0 bridgehead atoms. The van der Waals surface area contributed by atoms with Crippen LogP contribution in [0, 0.1) is 25.2 Å². The largest absolute Gasteiger partial charge is 0.349 e. The molecule has 5 heteroatoms. The van der Waals surface area contributed by atoms with E-state index in [-0.39, 0.29) is 17.5 Å². The van der Waals surface area contributed by atoms with Gasteiger partial charge in [-0.05, 0) is 62.3 Å². The summed E-state index contributed by atoms with van der Waals surface area (Å²) in [5.41, 5.74) is 3.47. The molecule has 0 atom stereocenters. The molecule has 136 valence electrons. The summed E-state index contributed by atoms with van der Waals surface area (Å²) in [6.07, 6.45) is 4.88. The number of carbonyl (C=O) groups is 1. The molecule has 0 saturated heterocycles.